The summed E-state index contributed by atoms with van der Waals surface area (Å²) >= 11 is 0. The maximum Gasteiger partial charge on any atom is 0.243 e. The van der Waals surface area contributed by atoms with E-state index in [1.807, 2.05) is 18.2 Å². The standard InChI is InChI=1S/C15H19N3O3/c1-11(19)17(12-6-4-3-5-7-12)10-18-13(20)8-9-15(18,2)14(16)21/h3-7H,8-10H2,1-2H3,(H2,16,21)/t15-/m0/s1. The van der Waals surface area contributed by atoms with E-state index >= 15 is 0 Å². The lowest BCUT2D eigenvalue weighted by Gasteiger charge is -2.36. The highest BCUT2D eigenvalue weighted by Crippen LogP contribution is 2.30. The van der Waals surface area contributed by atoms with Crippen LogP contribution in [0.2, 0.25) is 0 Å². The normalized spacial score (nSPS) is 21.4. The van der Waals surface area contributed by atoms with Gasteiger partial charge < -0.3 is 10.6 Å². The third kappa shape index (κ3) is 2.74. The van der Waals surface area contributed by atoms with Crippen LogP contribution < -0.4 is 10.6 Å². The number of hydrogen-bond donors (Lipinski definition) is 1. The van der Waals surface area contributed by atoms with E-state index in [2.05, 4.69) is 0 Å². The molecule has 0 bridgehead atoms. The van der Waals surface area contributed by atoms with E-state index in [0.717, 1.165) is 0 Å². The minimum absolute atomic E-state index is 0.0254. The Morgan fingerprint density at radius 3 is 2.48 bits per heavy atom. The van der Waals surface area contributed by atoms with E-state index in [0.29, 0.717) is 12.1 Å². The number of primary amides is 1. The van der Waals surface area contributed by atoms with Gasteiger partial charge in [-0.1, -0.05) is 18.2 Å². The summed E-state index contributed by atoms with van der Waals surface area (Å²) in [5.41, 5.74) is 5.07. The molecule has 1 aliphatic heterocycles. The third-order valence-electron chi connectivity index (χ3n) is 3.98. The number of hydrogen-bond acceptors (Lipinski definition) is 3. The summed E-state index contributed by atoms with van der Waals surface area (Å²) in [7, 11) is 0. The van der Waals surface area contributed by atoms with Crippen LogP contribution in [-0.2, 0) is 14.4 Å². The molecule has 2 N–H and O–H groups in total. The van der Waals surface area contributed by atoms with Crippen molar-refractivity contribution >= 4 is 23.4 Å². The lowest BCUT2D eigenvalue weighted by atomic mass is 9.98. The Morgan fingerprint density at radius 2 is 1.95 bits per heavy atom. The predicted octanol–water partition coefficient (Wildman–Crippen LogP) is 0.863. The van der Waals surface area contributed by atoms with E-state index in [1.165, 1.54) is 16.7 Å². The van der Waals surface area contributed by atoms with Crippen molar-refractivity contribution in [1.29, 1.82) is 0 Å². The van der Waals surface area contributed by atoms with Crippen molar-refractivity contribution in [1.82, 2.24) is 4.90 Å². The van der Waals surface area contributed by atoms with E-state index < -0.39 is 11.4 Å². The van der Waals surface area contributed by atoms with Gasteiger partial charge in [-0.3, -0.25) is 19.3 Å². The van der Waals surface area contributed by atoms with Gasteiger partial charge in [0.1, 0.15) is 12.2 Å². The monoisotopic (exact) mass is 289 g/mol. The highest BCUT2D eigenvalue weighted by molar-refractivity contribution is 5.96. The van der Waals surface area contributed by atoms with Crippen LogP contribution in [0.1, 0.15) is 26.7 Å². The van der Waals surface area contributed by atoms with Crippen molar-refractivity contribution in [2.75, 3.05) is 11.6 Å². The zero-order valence-corrected chi connectivity index (χ0v) is 12.2. The number of nitrogens with zero attached hydrogens (tertiary/aromatic N) is 2. The molecule has 0 spiro atoms. The molecule has 2 rings (SSSR count). The van der Waals surface area contributed by atoms with Crippen molar-refractivity contribution in [2.45, 2.75) is 32.2 Å². The van der Waals surface area contributed by atoms with Gasteiger partial charge in [-0.05, 0) is 25.5 Å². The lowest BCUT2D eigenvalue weighted by Crippen LogP contribution is -2.56. The maximum atomic E-state index is 12.1. The smallest absolute Gasteiger partial charge is 0.243 e. The van der Waals surface area contributed by atoms with Crippen molar-refractivity contribution in [3.8, 4) is 0 Å². The Hall–Kier alpha value is -2.37. The van der Waals surface area contributed by atoms with Gasteiger partial charge in [0.05, 0.1) is 0 Å². The van der Waals surface area contributed by atoms with Crippen LogP contribution in [-0.4, -0.2) is 34.8 Å². The third-order valence-corrected chi connectivity index (χ3v) is 3.98. The maximum absolute atomic E-state index is 12.1. The highest BCUT2D eigenvalue weighted by atomic mass is 16.2. The molecule has 0 aliphatic carbocycles. The van der Waals surface area contributed by atoms with Crippen LogP contribution >= 0.6 is 0 Å². The second kappa shape index (κ2) is 5.55. The fraction of sp³-hybridized carbons (Fsp3) is 0.400. The van der Waals surface area contributed by atoms with Gasteiger partial charge in [-0.15, -0.1) is 0 Å². The summed E-state index contributed by atoms with van der Waals surface area (Å²) < 4.78 is 0. The first-order chi connectivity index (χ1) is 9.86. The van der Waals surface area contributed by atoms with Gasteiger partial charge in [0, 0.05) is 19.0 Å². The first-order valence-corrected chi connectivity index (χ1v) is 6.80. The molecular weight excluding hydrogens is 270 g/mol. The van der Waals surface area contributed by atoms with Crippen LogP contribution in [0.5, 0.6) is 0 Å². The molecule has 0 aromatic heterocycles. The number of likely N-dealkylation sites (tertiary alicyclic amines) is 1. The van der Waals surface area contributed by atoms with Gasteiger partial charge in [-0.25, -0.2) is 0 Å². The summed E-state index contributed by atoms with van der Waals surface area (Å²) in [4.78, 5) is 38.5. The second-order valence-electron chi connectivity index (χ2n) is 5.38. The van der Waals surface area contributed by atoms with Gasteiger partial charge in [0.15, 0.2) is 0 Å². The molecule has 1 aliphatic rings. The first-order valence-electron chi connectivity index (χ1n) is 6.80. The number of para-hydroxylation sites is 1. The van der Waals surface area contributed by atoms with Gasteiger partial charge >= 0.3 is 0 Å². The molecule has 0 unspecified atom stereocenters. The van der Waals surface area contributed by atoms with Gasteiger partial charge in [0.25, 0.3) is 0 Å². The van der Waals surface area contributed by atoms with Crippen LogP contribution in [0.25, 0.3) is 0 Å². The van der Waals surface area contributed by atoms with Crippen LogP contribution in [0.15, 0.2) is 30.3 Å². The zero-order valence-electron chi connectivity index (χ0n) is 12.2. The summed E-state index contributed by atoms with van der Waals surface area (Å²) in [6.07, 6.45) is 0.641. The molecule has 0 saturated carbocycles. The Morgan fingerprint density at radius 1 is 1.33 bits per heavy atom. The van der Waals surface area contributed by atoms with Crippen molar-refractivity contribution < 1.29 is 14.4 Å². The van der Waals surface area contributed by atoms with E-state index in [9.17, 15) is 14.4 Å². The molecule has 6 nitrogen and oxygen atoms in total. The minimum Gasteiger partial charge on any atom is -0.368 e. The highest BCUT2D eigenvalue weighted by Gasteiger charge is 2.46. The molecule has 6 heteroatoms. The summed E-state index contributed by atoms with van der Waals surface area (Å²) in [5, 5.41) is 0. The average molecular weight is 289 g/mol. The number of benzene rings is 1. The summed E-state index contributed by atoms with van der Waals surface area (Å²) in [5.74, 6) is -0.920. The molecule has 1 aromatic rings. The fourth-order valence-corrected chi connectivity index (χ4v) is 2.50. The lowest BCUT2D eigenvalue weighted by molar-refractivity contribution is -0.139. The van der Waals surface area contributed by atoms with E-state index in [4.69, 9.17) is 5.73 Å². The second-order valence-corrected chi connectivity index (χ2v) is 5.38. The molecule has 1 atom stereocenters. The number of carbonyl (C=O) groups excluding carboxylic acids is 3. The number of carbonyl (C=O) groups is 3. The topological polar surface area (TPSA) is 83.7 Å². The first kappa shape index (κ1) is 15.0. The molecule has 1 saturated heterocycles. The number of nitrogens with two attached hydrogens (primary N) is 1. The Labute approximate surface area is 123 Å². The average Bonchev–Trinajstić information content (AvgIpc) is 2.74. The minimum atomic E-state index is -1.04. The molecule has 1 aromatic carbocycles. The Kier molecular flexibility index (Phi) is 3.97. The Bertz CT molecular complexity index is 573. The van der Waals surface area contributed by atoms with E-state index in [1.54, 1.807) is 19.1 Å². The molecule has 1 fully saturated rings. The number of anilines is 1. The molecule has 21 heavy (non-hydrogen) atoms. The molecular formula is C15H19N3O3. The zero-order chi connectivity index (χ0) is 15.6. The quantitative estimate of drug-likeness (QED) is 0.892. The summed E-state index contributed by atoms with van der Waals surface area (Å²) in [6, 6.07) is 9.03. The largest absolute Gasteiger partial charge is 0.368 e. The molecule has 3 amide bonds. The molecule has 0 radical (unpaired) electrons. The molecule has 1 heterocycles. The van der Waals surface area contributed by atoms with Crippen molar-refractivity contribution in [2.24, 2.45) is 5.73 Å². The van der Waals surface area contributed by atoms with Crippen molar-refractivity contribution in [3.63, 3.8) is 0 Å². The van der Waals surface area contributed by atoms with Gasteiger partial charge in [0.2, 0.25) is 17.7 Å². The van der Waals surface area contributed by atoms with E-state index in [-0.39, 0.29) is 24.9 Å². The van der Waals surface area contributed by atoms with Crippen LogP contribution in [0, 0.1) is 0 Å². The van der Waals surface area contributed by atoms with Crippen molar-refractivity contribution in [3.05, 3.63) is 30.3 Å². The molecule has 112 valence electrons. The van der Waals surface area contributed by atoms with Crippen LogP contribution in [0.3, 0.4) is 0 Å². The Balaban J connectivity index is 2.30. The number of amides is 3. The fourth-order valence-electron chi connectivity index (χ4n) is 2.50. The predicted molar refractivity (Wildman–Crippen MR) is 78.1 cm³/mol. The van der Waals surface area contributed by atoms with Crippen LogP contribution in [0.4, 0.5) is 5.69 Å². The van der Waals surface area contributed by atoms with Gasteiger partial charge in [-0.2, -0.15) is 0 Å². The summed E-state index contributed by atoms with van der Waals surface area (Å²) in [6.45, 7) is 3.09. The number of rotatable bonds is 4. The SMILES string of the molecule is CC(=O)N(CN1C(=O)CC[C@@]1(C)C(N)=O)c1ccccc1.